The summed E-state index contributed by atoms with van der Waals surface area (Å²) in [6.45, 7) is 1.30. The lowest BCUT2D eigenvalue weighted by molar-refractivity contribution is 0.123. The zero-order chi connectivity index (χ0) is 20.4. The van der Waals surface area contributed by atoms with Crippen LogP contribution >= 0.6 is 0 Å². The van der Waals surface area contributed by atoms with Crippen LogP contribution in [0.5, 0.6) is 0 Å². The smallest absolute Gasteiger partial charge is 0.257 e. The highest BCUT2D eigenvalue weighted by atomic mass is 19.3. The molecule has 150 valence electrons. The zero-order valence-corrected chi connectivity index (χ0v) is 15.8. The lowest BCUT2D eigenvalue weighted by Crippen LogP contribution is -2.29. The van der Waals surface area contributed by atoms with Gasteiger partial charge in [0.25, 0.3) is 6.43 Å². The quantitative estimate of drug-likeness (QED) is 0.686. The van der Waals surface area contributed by atoms with Crippen LogP contribution in [0.15, 0.2) is 53.5 Å². The van der Waals surface area contributed by atoms with E-state index in [4.69, 9.17) is 4.74 Å². The Kier molecular flexibility index (Phi) is 5.07. The van der Waals surface area contributed by atoms with Gasteiger partial charge in [0.05, 0.1) is 12.6 Å². The van der Waals surface area contributed by atoms with Crippen molar-refractivity contribution in [3.8, 4) is 0 Å². The van der Waals surface area contributed by atoms with Crippen LogP contribution in [0.4, 0.5) is 14.6 Å². The lowest BCUT2D eigenvalue weighted by Gasteiger charge is -2.21. The average molecular weight is 399 g/mol. The van der Waals surface area contributed by atoms with Gasteiger partial charge in [-0.2, -0.15) is 5.10 Å². The van der Waals surface area contributed by atoms with Crippen molar-refractivity contribution in [1.29, 1.82) is 0 Å². The topological polar surface area (TPSA) is 89.2 Å². The summed E-state index contributed by atoms with van der Waals surface area (Å²) in [5.41, 5.74) is 1.17. The van der Waals surface area contributed by atoms with Crippen molar-refractivity contribution in [3.05, 3.63) is 60.0 Å². The Morgan fingerprint density at radius 2 is 2.10 bits per heavy atom. The summed E-state index contributed by atoms with van der Waals surface area (Å²) in [7, 11) is 1.53. The Labute approximate surface area is 165 Å². The number of anilines is 1. The van der Waals surface area contributed by atoms with Crippen molar-refractivity contribution in [1.82, 2.24) is 25.1 Å². The van der Waals surface area contributed by atoms with Gasteiger partial charge >= 0.3 is 0 Å². The third-order valence-electron chi connectivity index (χ3n) is 4.36. The fourth-order valence-electron chi connectivity index (χ4n) is 3.11. The summed E-state index contributed by atoms with van der Waals surface area (Å²) in [5, 5.41) is 11.4. The summed E-state index contributed by atoms with van der Waals surface area (Å²) < 4.78 is 32.6. The molecule has 0 spiro atoms. The molecule has 4 rings (SSSR count). The van der Waals surface area contributed by atoms with Gasteiger partial charge in [-0.3, -0.25) is 4.68 Å². The van der Waals surface area contributed by atoms with Crippen LogP contribution < -0.4 is 10.6 Å². The number of benzene rings is 1. The molecule has 1 aromatic carbocycles. The van der Waals surface area contributed by atoms with Gasteiger partial charge in [0.1, 0.15) is 23.9 Å². The van der Waals surface area contributed by atoms with Crippen LogP contribution in [0.25, 0.3) is 10.9 Å². The molecule has 0 aliphatic carbocycles. The lowest BCUT2D eigenvalue weighted by atomic mass is 10.1. The molecule has 1 aliphatic rings. The Morgan fingerprint density at radius 3 is 2.86 bits per heavy atom. The van der Waals surface area contributed by atoms with Gasteiger partial charge in [-0.25, -0.2) is 23.7 Å². The number of para-hydroxylation sites is 1. The van der Waals surface area contributed by atoms with E-state index in [1.54, 1.807) is 37.5 Å². The van der Waals surface area contributed by atoms with Crippen molar-refractivity contribution in [2.45, 2.75) is 26.1 Å². The fourth-order valence-corrected chi connectivity index (χ4v) is 3.11. The Morgan fingerprint density at radius 1 is 1.28 bits per heavy atom. The number of amidine groups is 1. The SMILES string of the molecule is COC1=CNC(c2nn(CC(F)F)c3ccccc23)N=C1Nc1ccnc(C)n1. The number of fused-ring (bicyclic) bond motifs is 1. The number of aryl methyl sites for hydroxylation is 1. The molecule has 3 heterocycles. The molecule has 10 heteroatoms. The van der Waals surface area contributed by atoms with E-state index in [0.29, 0.717) is 34.4 Å². The van der Waals surface area contributed by atoms with E-state index in [1.165, 1.54) is 11.8 Å². The zero-order valence-electron chi connectivity index (χ0n) is 15.8. The molecule has 0 saturated carbocycles. The first-order valence-electron chi connectivity index (χ1n) is 8.94. The standard InChI is InChI=1S/C19H19F2N7O/c1-11-22-8-7-16(24-11)25-18-14(29-2)9-23-19(26-18)17-12-5-3-4-6-13(12)28(27-17)10-15(20)21/h3-9,15,19,23H,10H2,1-2H3,(H,22,24,25,26). The number of nitrogens with one attached hydrogen (secondary N) is 2. The third kappa shape index (κ3) is 3.86. The predicted molar refractivity (Wildman–Crippen MR) is 105 cm³/mol. The molecule has 0 radical (unpaired) electrons. The van der Waals surface area contributed by atoms with Crippen LogP contribution in [0.1, 0.15) is 17.7 Å². The second kappa shape index (κ2) is 7.82. The maximum Gasteiger partial charge on any atom is 0.257 e. The van der Waals surface area contributed by atoms with Gasteiger partial charge < -0.3 is 15.4 Å². The maximum atomic E-state index is 13.0. The fraction of sp³-hybridized carbons (Fsp3) is 0.263. The van der Waals surface area contributed by atoms with Gasteiger partial charge in [0.15, 0.2) is 17.8 Å². The van der Waals surface area contributed by atoms with E-state index < -0.39 is 19.1 Å². The molecule has 0 amide bonds. The molecule has 2 aromatic heterocycles. The first-order chi connectivity index (χ1) is 14.0. The highest BCUT2D eigenvalue weighted by Crippen LogP contribution is 2.27. The summed E-state index contributed by atoms with van der Waals surface area (Å²) in [6, 6.07) is 8.95. The molecule has 3 aromatic rings. The number of methoxy groups -OCH3 is 1. The number of alkyl halides is 2. The Balaban J connectivity index is 1.72. The van der Waals surface area contributed by atoms with Gasteiger partial charge in [-0.15, -0.1) is 0 Å². The summed E-state index contributed by atoms with van der Waals surface area (Å²) in [5.74, 6) is 2.10. The third-order valence-corrected chi connectivity index (χ3v) is 4.36. The number of halogens is 2. The Bertz CT molecular complexity index is 1090. The van der Waals surface area contributed by atoms with Crippen molar-refractivity contribution < 1.29 is 13.5 Å². The summed E-state index contributed by atoms with van der Waals surface area (Å²) >= 11 is 0. The van der Waals surface area contributed by atoms with Crippen LogP contribution in [0.2, 0.25) is 0 Å². The van der Waals surface area contributed by atoms with E-state index in [0.717, 1.165) is 5.39 Å². The number of ether oxygens (including phenoxy) is 1. The first-order valence-corrected chi connectivity index (χ1v) is 8.94. The molecule has 8 nitrogen and oxygen atoms in total. The molecule has 1 aliphatic heterocycles. The van der Waals surface area contributed by atoms with Crippen LogP contribution in [-0.2, 0) is 11.3 Å². The van der Waals surface area contributed by atoms with E-state index in [2.05, 4.69) is 30.7 Å². The van der Waals surface area contributed by atoms with Gasteiger partial charge in [-0.1, -0.05) is 18.2 Å². The minimum Gasteiger partial charge on any atom is -0.491 e. The summed E-state index contributed by atoms with van der Waals surface area (Å²) in [6.07, 6.45) is 0.212. The van der Waals surface area contributed by atoms with E-state index in [-0.39, 0.29) is 0 Å². The normalized spacial score (nSPS) is 16.4. The second-order valence-corrected chi connectivity index (χ2v) is 6.35. The number of aliphatic imine (C=N–C) groups is 1. The second-order valence-electron chi connectivity index (χ2n) is 6.35. The van der Waals surface area contributed by atoms with Gasteiger partial charge in [0, 0.05) is 17.8 Å². The molecule has 1 atom stereocenters. The van der Waals surface area contributed by atoms with Gasteiger partial charge in [-0.05, 0) is 19.1 Å². The van der Waals surface area contributed by atoms with Crippen molar-refractivity contribution in [2.24, 2.45) is 4.99 Å². The first kappa shape index (κ1) is 18.8. The number of hydrogen-bond acceptors (Lipinski definition) is 7. The highest BCUT2D eigenvalue weighted by Gasteiger charge is 2.25. The molecular weight excluding hydrogens is 380 g/mol. The highest BCUT2D eigenvalue weighted by molar-refractivity contribution is 6.06. The van der Waals surface area contributed by atoms with Gasteiger partial charge in [0.2, 0.25) is 0 Å². The van der Waals surface area contributed by atoms with E-state index >= 15 is 0 Å². The summed E-state index contributed by atoms with van der Waals surface area (Å²) in [4.78, 5) is 13.0. The minimum atomic E-state index is -2.51. The molecule has 1 unspecified atom stereocenters. The molecule has 0 fully saturated rings. The van der Waals surface area contributed by atoms with Crippen LogP contribution in [0, 0.1) is 6.92 Å². The predicted octanol–water partition coefficient (Wildman–Crippen LogP) is 3.00. The monoisotopic (exact) mass is 399 g/mol. The van der Waals surface area contributed by atoms with Crippen molar-refractivity contribution in [3.63, 3.8) is 0 Å². The van der Waals surface area contributed by atoms with E-state index in [1.807, 2.05) is 12.1 Å². The van der Waals surface area contributed by atoms with Crippen LogP contribution in [-0.4, -0.2) is 39.1 Å². The number of nitrogens with zero attached hydrogens (tertiary/aromatic N) is 5. The number of aromatic nitrogens is 4. The largest absolute Gasteiger partial charge is 0.491 e. The van der Waals surface area contributed by atoms with Crippen LogP contribution in [0.3, 0.4) is 0 Å². The van der Waals surface area contributed by atoms with Crippen molar-refractivity contribution >= 4 is 22.6 Å². The molecule has 2 N–H and O–H groups in total. The van der Waals surface area contributed by atoms with Crippen molar-refractivity contribution in [2.75, 3.05) is 12.4 Å². The molecule has 0 saturated heterocycles. The van der Waals surface area contributed by atoms with E-state index in [9.17, 15) is 8.78 Å². The number of rotatable bonds is 5. The molecule has 29 heavy (non-hydrogen) atoms. The molecular formula is C19H19F2N7O. The maximum absolute atomic E-state index is 13.0. The average Bonchev–Trinajstić information content (AvgIpc) is 3.06. The molecule has 0 bridgehead atoms. The minimum absolute atomic E-state index is 0.446. The number of hydrogen-bond donors (Lipinski definition) is 2. The Hall–Kier alpha value is -3.56.